The summed E-state index contributed by atoms with van der Waals surface area (Å²) < 4.78 is 0. The fourth-order valence-corrected chi connectivity index (χ4v) is 5.16. The van der Waals surface area contributed by atoms with Crippen LogP contribution < -0.4 is 10.2 Å². The summed E-state index contributed by atoms with van der Waals surface area (Å²) in [5.41, 5.74) is 2.56. The van der Waals surface area contributed by atoms with E-state index >= 15 is 0 Å². The molecule has 2 atom stereocenters. The number of benzene rings is 1. The fraction of sp³-hybridized carbons (Fsp3) is 0.680. The highest BCUT2D eigenvalue weighted by Crippen LogP contribution is 2.34. The number of carbonyl (C=O) groups is 2. The van der Waals surface area contributed by atoms with Gasteiger partial charge in [0.15, 0.2) is 0 Å². The van der Waals surface area contributed by atoms with E-state index in [1.54, 1.807) is 0 Å². The molecule has 4 rings (SSSR count). The van der Waals surface area contributed by atoms with Crippen molar-refractivity contribution in [1.29, 1.82) is 0 Å². The Morgan fingerprint density at radius 2 is 1.71 bits per heavy atom. The number of piperazine rings is 1. The van der Waals surface area contributed by atoms with Crippen LogP contribution in [0.3, 0.4) is 0 Å². The van der Waals surface area contributed by atoms with Crippen molar-refractivity contribution in [2.45, 2.75) is 46.5 Å². The quantitative estimate of drug-likeness (QED) is 0.754. The van der Waals surface area contributed by atoms with Crippen LogP contribution in [-0.2, 0) is 4.79 Å². The monoisotopic (exact) mass is 426 g/mol. The van der Waals surface area contributed by atoms with Gasteiger partial charge in [-0.1, -0.05) is 20.8 Å². The predicted molar refractivity (Wildman–Crippen MR) is 126 cm³/mol. The van der Waals surface area contributed by atoms with Gasteiger partial charge in [-0.3, -0.25) is 14.5 Å². The van der Waals surface area contributed by atoms with Gasteiger partial charge >= 0.3 is 0 Å². The lowest BCUT2D eigenvalue weighted by molar-refractivity contribution is -0.117. The van der Waals surface area contributed by atoms with Crippen LogP contribution in [0.4, 0.5) is 11.4 Å². The van der Waals surface area contributed by atoms with Gasteiger partial charge in [0, 0.05) is 50.9 Å². The van der Waals surface area contributed by atoms with Crippen LogP contribution >= 0.6 is 0 Å². The van der Waals surface area contributed by atoms with Crippen LogP contribution in [0.2, 0.25) is 0 Å². The van der Waals surface area contributed by atoms with E-state index in [1.165, 1.54) is 6.42 Å². The molecule has 3 fully saturated rings. The Labute approximate surface area is 187 Å². The molecule has 6 heteroatoms. The average molecular weight is 427 g/mol. The van der Waals surface area contributed by atoms with Crippen LogP contribution in [0.15, 0.2) is 18.2 Å². The van der Waals surface area contributed by atoms with E-state index in [2.05, 4.69) is 35.9 Å². The lowest BCUT2D eigenvalue weighted by Gasteiger charge is -2.39. The van der Waals surface area contributed by atoms with Crippen LogP contribution in [0, 0.1) is 17.8 Å². The van der Waals surface area contributed by atoms with E-state index in [1.807, 2.05) is 23.1 Å². The molecule has 2 aliphatic heterocycles. The van der Waals surface area contributed by atoms with Gasteiger partial charge in [0.25, 0.3) is 5.91 Å². The zero-order valence-corrected chi connectivity index (χ0v) is 19.4. The molecule has 0 aromatic heterocycles. The number of nitrogens with zero attached hydrogens (tertiary/aromatic N) is 3. The van der Waals surface area contributed by atoms with Crippen molar-refractivity contribution in [2.24, 2.45) is 17.8 Å². The second-order valence-electron chi connectivity index (χ2n) is 9.98. The maximum Gasteiger partial charge on any atom is 0.256 e. The van der Waals surface area contributed by atoms with E-state index in [9.17, 15) is 9.59 Å². The molecule has 1 N–H and O–H groups in total. The minimum atomic E-state index is 0.109. The van der Waals surface area contributed by atoms with Gasteiger partial charge in [0.1, 0.15) is 0 Å². The molecule has 1 saturated carbocycles. The first kappa shape index (κ1) is 22.1. The van der Waals surface area contributed by atoms with Crippen molar-refractivity contribution in [3.63, 3.8) is 0 Å². The number of nitrogens with one attached hydrogen (secondary N) is 1. The Morgan fingerprint density at radius 3 is 2.32 bits per heavy atom. The Bertz CT molecular complexity index is 789. The third-order valence-electron chi connectivity index (χ3n) is 6.85. The highest BCUT2D eigenvalue weighted by atomic mass is 16.2. The summed E-state index contributed by atoms with van der Waals surface area (Å²) in [6, 6.07) is 5.87. The Balaban J connectivity index is 1.56. The molecule has 6 nitrogen and oxygen atoms in total. The number of hydrogen-bond acceptors (Lipinski definition) is 4. The maximum absolute atomic E-state index is 13.5. The fourth-order valence-electron chi connectivity index (χ4n) is 5.16. The second-order valence-corrected chi connectivity index (χ2v) is 9.98. The first-order valence-corrected chi connectivity index (χ1v) is 12.2. The molecule has 0 radical (unpaired) electrons. The lowest BCUT2D eigenvalue weighted by Crippen LogP contribution is -2.49. The van der Waals surface area contributed by atoms with Crippen molar-refractivity contribution >= 4 is 23.2 Å². The molecule has 1 aliphatic carbocycles. The van der Waals surface area contributed by atoms with E-state index in [-0.39, 0.29) is 17.7 Å². The predicted octanol–water partition coefficient (Wildman–Crippen LogP) is 3.69. The molecule has 1 aromatic rings. The summed E-state index contributed by atoms with van der Waals surface area (Å²) in [5, 5.41) is 3.07. The van der Waals surface area contributed by atoms with Gasteiger partial charge in [-0.25, -0.2) is 0 Å². The highest BCUT2D eigenvalue weighted by Gasteiger charge is 2.31. The van der Waals surface area contributed by atoms with E-state index in [4.69, 9.17) is 0 Å². The summed E-state index contributed by atoms with van der Waals surface area (Å²) in [6.07, 6.45) is 4.34. The Morgan fingerprint density at radius 1 is 1.03 bits per heavy atom. The first-order valence-electron chi connectivity index (χ1n) is 12.2. The topological polar surface area (TPSA) is 55.9 Å². The molecule has 3 aliphatic rings. The Kier molecular flexibility index (Phi) is 6.85. The molecule has 2 amide bonds. The number of rotatable bonds is 6. The van der Waals surface area contributed by atoms with Crippen LogP contribution in [0.25, 0.3) is 0 Å². The molecule has 1 aromatic carbocycles. The number of piperidine rings is 1. The van der Waals surface area contributed by atoms with Crippen LogP contribution in [0.1, 0.15) is 56.8 Å². The van der Waals surface area contributed by atoms with Crippen molar-refractivity contribution in [2.75, 3.05) is 56.0 Å². The van der Waals surface area contributed by atoms with E-state index < -0.39 is 0 Å². The van der Waals surface area contributed by atoms with Gasteiger partial charge in [0.05, 0.1) is 11.3 Å². The molecule has 0 spiro atoms. The van der Waals surface area contributed by atoms with Gasteiger partial charge in [-0.15, -0.1) is 0 Å². The van der Waals surface area contributed by atoms with E-state index in [0.717, 1.165) is 82.0 Å². The van der Waals surface area contributed by atoms with Gasteiger partial charge < -0.3 is 15.1 Å². The van der Waals surface area contributed by atoms with Crippen molar-refractivity contribution in [3.05, 3.63) is 23.8 Å². The first-order chi connectivity index (χ1) is 14.9. The SMILES string of the molecule is CCCN1CCN(C(=O)c2ccc(NC(=O)C3CC3)cc2N2CC(C)CC(C)C2)CC1. The van der Waals surface area contributed by atoms with Crippen molar-refractivity contribution < 1.29 is 9.59 Å². The summed E-state index contributed by atoms with van der Waals surface area (Å²) in [5.74, 6) is 1.58. The number of amides is 2. The average Bonchev–Trinajstić information content (AvgIpc) is 3.59. The maximum atomic E-state index is 13.5. The zero-order valence-electron chi connectivity index (χ0n) is 19.4. The van der Waals surface area contributed by atoms with Crippen LogP contribution in [0.5, 0.6) is 0 Å². The minimum Gasteiger partial charge on any atom is -0.370 e. The summed E-state index contributed by atoms with van der Waals surface area (Å²) >= 11 is 0. The normalized spacial score (nSPS) is 24.9. The molecule has 2 unspecified atom stereocenters. The van der Waals surface area contributed by atoms with Gasteiger partial charge in [-0.05, 0) is 62.3 Å². The third-order valence-corrected chi connectivity index (χ3v) is 6.85. The smallest absolute Gasteiger partial charge is 0.256 e. The minimum absolute atomic E-state index is 0.109. The molecule has 2 saturated heterocycles. The standard InChI is InChI=1S/C25H38N4O2/c1-4-9-27-10-12-28(13-11-27)25(31)22-8-7-21(26-24(30)20-5-6-20)15-23(22)29-16-18(2)14-19(3)17-29/h7-8,15,18-20H,4-6,9-14,16-17H2,1-3H3,(H,26,30). The summed E-state index contributed by atoms with van der Waals surface area (Å²) in [4.78, 5) is 32.7. The van der Waals surface area contributed by atoms with Crippen LogP contribution in [-0.4, -0.2) is 67.4 Å². The zero-order chi connectivity index (χ0) is 22.0. The molecular formula is C25H38N4O2. The molecule has 31 heavy (non-hydrogen) atoms. The molecular weight excluding hydrogens is 388 g/mol. The summed E-state index contributed by atoms with van der Waals surface area (Å²) in [7, 11) is 0. The van der Waals surface area contributed by atoms with Gasteiger partial charge in [0.2, 0.25) is 5.91 Å². The highest BCUT2D eigenvalue weighted by molar-refractivity contribution is 6.02. The van der Waals surface area contributed by atoms with Crippen molar-refractivity contribution in [3.8, 4) is 0 Å². The number of hydrogen-bond donors (Lipinski definition) is 1. The van der Waals surface area contributed by atoms with Crippen molar-refractivity contribution in [1.82, 2.24) is 9.80 Å². The molecule has 170 valence electrons. The molecule has 2 heterocycles. The number of carbonyl (C=O) groups excluding carboxylic acids is 2. The van der Waals surface area contributed by atoms with Gasteiger partial charge in [-0.2, -0.15) is 0 Å². The molecule has 0 bridgehead atoms. The second kappa shape index (κ2) is 9.60. The lowest BCUT2D eigenvalue weighted by atomic mass is 9.91. The Hall–Kier alpha value is -2.08. The third kappa shape index (κ3) is 5.40. The van der Waals surface area contributed by atoms with E-state index in [0.29, 0.717) is 11.8 Å². The summed E-state index contributed by atoms with van der Waals surface area (Å²) in [6.45, 7) is 13.2. The largest absolute Gasteiger partial charge is 0.370 e. The number of anilines is 2.